The molecule has 1 aliphatic heterocycles. The van der Waals surface area contributed by atoms with E-state index in [2.05, 4.69) is 6.20 Å². The summed E-state index contributed by atoms with van der Waals surface area (Å²) in [5.41, 5.74) is 0.862. The molecule has 0 saturated carbocycles. The van der Waals surface area contributed by atoms with Crippen LogP contribution in [0, 0.1) is 6.20 Å². The molecule has 2 rings (SSSR count). The Hall–Kier alpha value is -1.09. The molecular weight excluding hydrogens is 170 g/mol. The average molecular weight is 178 g/mol. The molecule has 61 valence electrons. The predicted octanol–water partition coefficient (Wildman–Crippen LogP) is 2.30. The number of nitrogens with zero attached hydrogens (tertiary/aromatic N) is 1. The molecule has 0 bridgehead atoms. The van der Waals surface area contributed by atoms with Crippen molar-refractivity contribution in [1.82, 2.24) is 4.31 Å². The second-order valence-corrected chi connectivity index (χ2v) is 3.72. The minimum atomic E-state index is 0.215. The zero-order valence-corrected chi connectivity index (χ0v) is 7.43. The van der Waals surface area contributed by atoms with E-state index in [1.165, 1.54) is 0 Å². The first kappa shape index (κ1) is 7.55. The first-order valence-corrected chi connectivity index (χ1v) is 4.38. The summed E-state index contributed by atoms with van der Waals surface area (Å²) in [4.78, 5) is 1.07. The number of hydrogen-bond acceptors (Lipinski definition) is 3. The number of fused-ring (bicyclic) bond motifs is 1. The van der Waals surface area contributed by atoms with Crippen molar-refractivity contribution < 1.29 is 5.11 Å². The lowest BCUT2D eigenvalue weighted by molar-refractivity contribution is 0.491. The molecule has 1 radical (unpaired) electrons. The molecule has 0 fully saturated rings. The highest BCUT2D eigenvalue weighted by atomic mass is 32.2. The zero-order chi connectivity index (χ0) is 8.55. The van der Waals surface area contributed by atoms with Gasteiger partial charge in [-0.1, -0.05) is 12.1 Å². The monoisotopic (exact) mass is 178 g/mol. The van der Waals surface area contributed by atoms with Crippen molar-refractivity contribution in [2.45, 2.75) is 4.90 Å². The number of aliphatic hydroxyl groups is 1. The van der Waals surface area contributed by atoms with E-state index >= 15 is 0 Å². The average Bonchev–Trinajstić information content (AvgIpc) is 2.04. The van der Waals surface area contributed by atoms with Crippen LogP contribution >= 0.6 is 11.9 Å². The fourth-order valence-electron chi connectivity index (χ4n) is 1.12. The number of rotatable bonds is 0. The van der Waals surface area contributed by atoms with Gasteiger partial charge in [-0.2, -0.15) is 0 Å². The van der Waals surface area contributed by atoms with E-state index < -0.39 is 0 Å². The second kappa shape index (κ2) is 2.75. The molecule has 0 aromatic heterocycles. The zero-order valence-electron chi connectivity index (χ0n) is 6.61. The van der Waals surface area contributed by atoms with Gasteiger partial charge in [-0.05, 0) is 24.1 Å². The van der Waals surface area contributed by atoms with Gasteiger partial charge >= 0.3 is 0 Å². The SMILES string of the molecule is CN1[C]=C(O)c2ccccc2S1. The van der Waals surface area contributed by atoms with Gasteiger partial charge in [0.2, 0.25) is 0 Å². The van der Waals surface area contributed by atoms with Crippen molar-refractivity contribution in [1.29, 1.82) is 0 Å². The van der Waals surface area contributed by atoms with Gasteiger partial charge < -0.3 is 9.41 Å². The molecule has 0 aliphatic carbocycles. The van der Waals surface area contributed by atoms with Crippen LogP contribution in [0.25, 0.3) is 5.76 Å². The third-order valence-corrected chi connectivity index (χ3v) is 2.56. The van der Waals surface area contributed by atoms with Crippen LogP contribution in [0.4, 0.5) is 0 Å². The first-order chi connectivity index (χ1) is 5.77. The highest BCUT2D eigenvalue weighted by molar-refractivity contribution is 7.97. The Morgan fingerprint density at radius 2 is 2.17 bits per heavy atom. The van der Waals surface area contributed by atoms with Gasteiger partial charge in [0.15, 0.2) is 0 Å². The van der Waals surface area contributed by atoms with Gasteiger partial charge in [0.05, 0.1) is 0 Å². The summed E-state index contributed by atoms with van der Waals surface area (Å²) in [6.07, 6.45) is 2.80. The third kappa shape index (κ3) is 1.16. The maximum absolute atomic E-state index is 9.48. The second-order valence-electron chi connectivity index (χ2n) is 2.55. The minimum Gasteiger partial charge on any atom is -0.505 e. The summed E-state index contributed by atoms with van der Waals surface area (Å²) < 4.78 is 1.76. The lowest BCUT2D eigenvalue weighted by Crippen LogP contribution is -2.07. The lowest BCUT2D eigenvalue weighted by atomic mass is 10.2. The van der Waals surface area contributed by atoms with Crippen molar-refractivity contribution in [2.24, 2.45) is 0 Å². The van der Waals surface area contributed by atoms with Crippen molar-refractivity contribution in [2.75, 3.05) is 7.05 Å². The molecule has 2 nitrogen and oxygen atoms in total. The normalized spacial score (nSPS) is 15.4. The van der Waals surface area contributed by atoms with Gasteiger partial charge in [-0.3, -0.25) is 0 Å². The number of benzene rings is 1. The molecule has 3 heteroatoms. The van der Waals surface area contributed by atoms with Crippen LogP contribution in [0.1, 0.15) is 5.56 Å². The van der Waals surface area contributed by atoms with Crippen molar-refractivity contribution >= 4 is 17.7 Å². The Kier molecular flexibility index (Phi) is 1.73. The van der Waals surface area contributed by atoms with E-state index in [0.29, 0.717) is 0 Å². The van der Waals surface area contributed by atoms with E-state index in [1.54, 1.807) is 16.3 Å². The van der Waals surface area contributed by atoms with Crippen LogP contribution < -0.4 is 0 Å². The largest absolute Gasteiger partial charge is 0.505 e. The first-order valence-electron chi connectivity index (χ1n) is 3.61. The van der Waals surface area contributed by atoms with Gasteiger partial charge in [-0.25, -0.2) is 0 Å². The fraction of sp³-hybridized carbons (Fsp3) is 0.111. The molecular formula is C9H8NOS. The van der Waals surface area contributed by atoms with Gasteiger partial charge in [-0.15, -0.1) is 0 Å². The summed E-state index contributed by atoms with van der Waals surface area (Å²) in [7, 11) is 1.86. The Morgan fingerprint density at radius 1 is 1.42 bits per heavy atom. The molecule has 0 unspecified atom stereocenters. The van der Waals surface area contributed by atoms with Crippen LogP contribution in [0.3, 0.4) is 0 Å². The number of hydrogen-bond donors (Lipinski definition) is 1. The van der Waals surface area contributed by atoms with Gasteiger partial charge in [0.25, 0.3) is 0 Å². The molecule has 1 aromatic rings. The third-order valence-electron chi connectivity index (χ3n) is 1.64. The Balaban J connectivity index is 2.53. The maximum Gasteiger partial charge on any atom is 0.150 e. The minimum absolute atomic E-state index is 0.215. The molecule has 0 atom stereocenters. The van der Waals surface area contributed by atoms with E-state index in [9.17, 15) is 5.11 Å². The van der Waals surface area contributed by atoms with E-state index in [1.807, 2.05) is 31.3 Å². The summed E-state index contributed by atoms with van der Waals surface area (Å²) in [6.45, 7) is 0. The molecule has 1 aliphatic rings. The Bertz CT molecular complexity index is 335. The standard InChI is InChI=1S/C9H8NOS/c1-10-6-8(11)7-4-2-3-5-9(7)12-10/h2-5,11H,1H3. The maximum atomic E-state index is 9.48. The summed E-state index contributed by atoms with van der Waals surface area (Å²) >= 11 is 1.56. The topological polar surface area (TPSA) is 23.5 Å². The Labute approximate surface area is 75.6 Å². The van der Waals surface area contributed by atoms with Gasteiger partial charge in [0.1, 0.15) is 12.0 Å². The molecule has 1 aromatic carbocycles. The smallest absolute Gasteiger partial charge is 0.150 e. The van der Waals surface area contributed by atoms with E-state index in [-0.39, 0.29) is 5.76 Å². The molecule has 0 saturated heterocycles. The summed E-state index contributed by atoms with van der Waals surface area (Å²) in [6, 6.07) is 7.73. The molecule has 0 spiro atoms. The highest BCUT2D eigenvalue weighted by Crippen LogP contribution is 2.33. The molecule has 1 N–H and O–H groups in total. The van der Waals surface area contributed by atoms with Crippen LogP contribution in [0.2, 0.25) is 0 Å². The number of aliphatic hydroxyl groups excluding tert-OH is 1. The Morgan fingerprint density at radius 3 is 3.00 bits per heavy atom. The summed E-state index contributed by atoms with van der Waals surface area (Å²) in [5.74, 6) is 0.215. The molecule has 12 heavy (non-hydrogen) atoms. The lowest BCUT2D eigenvalue weighted by Gasteiger charge is -2.19. The van der Waals surface area contributed by atoms with Crippen LogP contribution in [-0.2, 0) is 0 Å². The van der Waals surface area contributed by atoms with E-state index in [0.717, 1.165) is 10.5 Å². The van der Waals surface area contributed by atoms with Crippen molar-refractivity contribution in [3.63, 3.8) is 0 Å². The van der Waals surface area contributed by atoms with E-state index in [4.69, 9.17) is 0 Å². The highest BCUT2D eigenvalue weighted by Gasteiger charge is 2.14. The van der Waals surface area contributed by atoms with Crippen LogP contribution in [0.15, 0.2) is 29.2 Å². The fourth-order valence-corrected chi connectivity index (χ4v) is 1.95. The van der Waals surface area contributed by atoms with Crippen molar-refractivity contribution in [3.05, 3.63) is 36.0 Å². The molecule has 0 amide bonds. The van der Waals surface area contributed by atoms with Crippen molar-refractivity contribution in [3.8, 4) is 0 Å². The van der Waals surface area contributed by atoms with Crippen LogP contribution in [0.5, 0.6) is 0 Å². The quantitative estimate of drug-likeness (QED) is 0.617. The van der Waals surface area contributed by atoms with Gasteiger partial charge in [0, 0.05) is 17.5 Å². The van der Waals surface area contributed by atoms with Crippen LogP contribution in [-0.4, -0.2) is 16.5 Å². The predicted molar refractivity (Wildman–Crippen MR) is 49.3 cm³/mol. The molecule has 1 heterocycles. The summed E-state index contributed by atoms with van der Waals surface area (Å²) in [5, 5.41) is 9.48.